The SMILES string of the molecule is CCOc1cnc(NC2CCN(C(C)=O)CC2)cc1C(=O)N1CC[C@H](N2CCc3ccccc3C2)[C@@H](O)C1. The van der Waals surface area contributed by atoms with E-state index in [1.165, 1.54) is 11.1 Å². The highest BCUT2D eigenvalue weighted by Gasteiger charge is 2.36. The fourth-order valence-corrected chi connectivity index (χ4v) is 6.01. The molecule has 2 N–H and O–H groups in total. The van der Waals surface area contributed by atoms with Gasteiger partial charge in [-0.3, -0.25) is 14.5 Å². The second kappa shape index (κ2) is 11.7. The van der Waals surface area contributed by atoms with E-state index in [0.717, 1.165) is 38.8 Å². The van der Waals surface area contributed by atoms with Crippen molar-refractivity contribution in [3.05, 3.63) is 53.2 Å². The Labute approximate surface area is 224 Å². The Balaban J connectivity index is 1.24. The molecule has 3 aliphatic heterocycles. The quantitative estimate of drug-likeness (QED) is 0.603. The number of aliphatic hydroxyl groups excluding tert-OH is 1. The van der Waals surface area contributed by atoms with Crippen LogP contribution in [-0.2, 0) is 17.8 Å². The molecule has 0 unspecified atom stereocenters. The average Bonchev–Trinajstić information content (AvgIpc) is 2.93. The van der Waals surface area contributed by atoms with E-state index in [1.54, 1.807) is 24.1 Å². The summed E-state index contributed by atoms with van der Waals surface area (Å²) in [5.74, 6) is 1.04. The lowest BCUT2D eigenvalue weighted by atomic mass is 9.94. The van der Waals surface area contributed by atoms with Gasteiger partial charge in [0, 0.05) is 58.3 Å². The number of pyridine rings is 1. The van der Waals surface area contributed by atoms with Crippen molar-refractivity contribution in [3.63, 3.8) is 0 Å². The van der Waals surface area contributed by atoms with E-state index < -0.39 is 6.10 Å². The van der Waals surface area contributed by atoms with Crippen molar-refractivity contribution >= 4 is 17.6 Å². The lowest BCUT2D eigenvalue weighted by Gasteiger charge is -2.43. The number of β-amino-alcohol motifs (C(OH)–C–C–N with tert-alkyl or cyclic N) is 1. The van der Waals surface area contributed by atoms with Gasteiger partial charge < -0.3 is 25.0 Å². The Morgan fingerprint density at radius 2 is 1.82 bits per heavy atom. The number of nitrogens with one attached hydrogen (secondary N) is 1. The molecule has 0 radical (unpaired) electrons. The van der Waals surface area contributed by atoms with Gasteiger partial charge in [0.2, 0.25) is 5.91 Å². The van der Waals surface area contributed by atoms with E-state index >= 15 is 0 Å². The first-order valence-electron chi connectivity index (χ1n) is 13.9. The van der Waals surface area contributed by atoms with E-state index in [9.17, 15) is 14.7 Å². The molecule has 0 bridgehead atoms. The number of ether oxygens (including phenoxy) is 1. The van der Waals surface area contributed by atoms with E-state index in [1.807, 2.05) is 11.8 Å². The van der Waals surface area contributed by atoms with Crippen LogP contribution in [0.5, 0.6) is 5.75 Å². The number of carbonyl (C=O) groups excluding carboxylic acids is 2. The van der Waals surface area contributed by atoms with Crippen molar-refractivity contribution in [2.24, 2.45) is 0 Å². The summed E-state index contributed by atoms with van der Waals surface area (Å²) in [5.41, 5.74) is 3.18. The van der Waals surface area contributed by atoms with Crippen LogP contribution in [0.25, 0.3) is 0 Å². The van der Waals surface area contributed by atoms with Gasteiger partial charge in [0.15, 0.2) is 0 Å². The van der Waals surface area contributed by atoms with Crippen LogP contribution in [0.15, 0.2) is 36.5 Å². The molecule has 0 saturated carbocycles. The zero-order chi connectivity index (χ0) is 26.6. The third kappa shape index (κ3) is 5.78. The number of carbonyl (C=O) groups is 2. The van der Waals surface area contributed by atoms with Gasteiger partial charge in [-0.1, -0.05) is 24.3 Å². The fraction of sp³-hybridized carbons (Fsp3) is 0.552. The Morgan fingerprint density at radius 3 is 2.53 bits per heavy atom. The second-order valence-corrected chi connectivity index (χ2v) is 10.6. The molecule has 1 aromatic carbocycles. The fourth-order valence-electron chi connectivity index (χ4n) is 6.01. The number of likely N-dealkylation sites (tertiary alicyclic amines) is 2. The first kappa shape index (κ1) is 26.4. The van der Waals surface area contributed by atoms with Crippen molar-refractivity contribution in [1.29, 1.82) is 0 Å². The summed E-state index contributed by atoms with van der Waals surface area (Å²) >= 11 is 0. The monoisotopic (exact) mass is 521 g/mol. The number of amides is 2. The summed E-state index contributed by atoms with van der Waals surface area (Å²) < 4.78 is 5.76. The van der Waals surface area contributed by atoms with E-state index in [0.29, 0.717) is 49.9 Å². The molecule has 2 amide bonds. The molecule has 9 heteroatoms. The van der Waals surface area contributed by atoms with Gasteiger partial charge in [-0.2, -0.15) is 0 Å². The van der Waals surface area contributed by atoms with Crippen LogP contribution >= 0.6 is 0 Å². The summed E-state index contributed by atoms with van der Waals surface area (Å²) in [6.45, 7) is 7.98. The summed E-state index contributed by atoms with van der Waals surface area (Å²) in [4.78, 5) is 35.8. The van der Waals surface area contributed by atoms with Gasteiger partial charge in [0.25, 0.3) is 5.91 Å². The van der Waals surface area contributed by atoms with Crippen LogP contribution in [0.3, 0.4) is 0 Å². The van der Waals surface area contributed by atoms with E-state index in [-0.39, 0.29) is 23.9 Å². The average molecular weight is 522 g/mol. The van der Waals surface area contributed by atoms with E-state index in [4.69, 9.17) is 4.74 Å². The number of rotatable bonds is 6. The van der Waals surface area contributed by atoms with Gasteiger partial charge >= 0.3 is 0 Å². The maximum absolute atomic E-state index is 13.7. The normalized spacial score (nSPS) is 22.6. The largest absolute Gasteiger partial charge is 0.491 e. The molecule has 204 valence electrons. The molecule has 0 aliphatic carbocycles. The number of aromatic nitrogens is 1. The number of hydrogen-bond acceptors (Lipinski definition) is 7. The minimum absolute atomic E-state index is 0.0364. The number of piperidine rings is 2. The minimum Gasteiger partial charge on any atom is -0.491 e. The second-order valence-electron chi connectivity index (χ2n) is 10.6. The molecule has 2 fully saturated rings. The Bertz CT molecular complexity index is 1150. The van der Waals surface area contributed by atoms with Crippen LogP contribution in [0, 0.1) is 0 Å². The maximum atomic E-state index is 13.7. The first-order chi connectivity index (χ1) is 18.4. The Kier molecular flexibility index (Phi) is 8.14. The Hall–Kier alpha value is -3.17. The number of hydrogen-bond donors (Lipinski definition) is 2. The zero-order valence-electron chi connectivity index (χ0n) is 22.4. The highest BCUT2D eigenvalue weighted by molar-refractivity contribution is 5.97. The molecule has 9 nitrogen and oxygen atoms in total. The first-order valence-corrected chi connectivity index (χ1v) is 13.9. The number of benzene rings is 1. The third-order valence-corrected chi connectivity index (χ3v) is 8.15. The lowest BCUT2D eigenvalue weighted by molar-refractivity contribution is -0.129. The Morgan fingerprint density at radius 1 is 1.08 bits per heavy atom. The number of aliphatic hydroxyl groups is 1. The molecule has 2 aromatic rings. The van der Waals surface area contributed by atoms with Gasteiger partial charge in [0.1, 0.15) is 11.6 Å². The summed E-state index contributed by atoms with van der Waals surface area (Å²) in [7, 11) is 0. The number of anilines is 1. The molecular formula is C29H39N5O4. The minimum atomic E-state index is -0.612. The summed E-state index contributed by atoms with van der Waals surface area (Å²) in [6.07, 6.45) is 4.37. The summed E-state index contributed by atoms with van der Waals surface area (Å²) in [6, 6.07) is 10.5. The van der Waals surface area contributed by atoms with Gasteiger partial charge in [-0.25, -0.2) is 4.98 Å². The van der Waals surface area contributed by atoms with Gasteiger partial charge in [-0.05, 0) is 49.8 Å². The number of fused-ring (bicyclic) bond motifs is 1. The molecular weight excluding hydrogens is 482 g/mol. The van der Waals surface area contributed by atoms with Crippen LogP contribution in [0.4, 0.5) is 5.82 Å². The predicted molar refractivity (Wildman–Crippen MR) is 145 cm³/mol. The van der Waals surface area contributed by atoms with Crippen LogP contribution in [0.1, 0.15) is 54.6 Å². The van der Waals surface area contributed by atoms with Crippen molar-refractivity contribution in [2.45, 2.75) is 64.3 Å². The van der Waals surface area contributed by atoms with E-state index in [2.05, 4.69) is 39.5 Å². The topological polar surface area (TPSA) is 98.2 Å². The van der Waals surface area contributed by atoms with Crippen LogP contribution in [-0.4, -0.2) is 94.1 Å². The third-order valence-electron chi connectivity index (χ3n) is 8.15. The van der Waals surface area contributed by atoms with Gasteiger partial charge in [-0.15, -0.1) is 0 Å². The van der Waals surface area contributed by atoms with Crippen molar-refractivity contribution in [2.75, 3.05) is 44.6 Å². The summed E-state index contributed by atoms with van der Waals surface area (Å²) in [5, 5.41) is 14.6. The van der Waals surface area contributed by atoms with Crippen LogP contribution < -0.4 is 10.1 Å². The maximum Gasteiger partial charge on any atom is 0.257 e. The molecule has 2 saturated heterocycles. The van der Waals surface area contributed by atoms with Crippen molar-refractivity contribution in [3.8, 4) is 5.75 Å². The lowest BCUT2D eigenvalue weighted by Crippen LogP contribution is -2.56. The zero-order valence-corrected chi connectivity index (χ0v) is 22.4. The van der Waals surface area contributed by atoms with Crippen molar-refractivity contribution < 1.29 is 19.4 Å². The molecule has 2 atom stereocenters. The molecule has 0 spiro atoms. The van der Waals surface area contributed by atoms with Gasteiger partial charge in [0.05, 0.1) is 24.5 Å². The van der Waals surface area contributed by atoms with Crippen molar-refractivity contribution in [1.82, 2.24) is 19.7 Å². The highest BCUT2D eigenvalue weighted by atomic mass is 16.5. The van der Waals surface area contributed by atoms with Crippen LogP contribution in [0.2, 0.25) is 0 Å². The molecule has 1 aromatic heterocycles. The number of nitrogens with zero attached hydrogens (tertiary/aromatic N) is 4. The molecule has 5 rings (SSSR count). The molecule has 4 heterocycles. The molecule has 3 aliphatic rings. The molecule has 38 heavy (non-hydrogen) atoms. The standard InChI is InChI=1S/C29H39N5O4/c1-3-38-27-17-30-28(31-23-9-13-32(14-10-23)20(2)35)16-24(27)29(37)34-15-11-25(26(36)19-34)33-12-8-21-6-4-5-7-22(21)18-33/h4-7,16-17,23,25-26,36H,3,8-15,18-19H2,1-2H3,(H,30,31)/t25-,26-/m0/s1. The smallest absolute Gasteiger partial charge is 0.257 e. The highest BCUT2D eigenvalue weighted by Crippen LogP contribution is 2.28. The predicted octanol–water partition coefficient (Wildman–Crippen LogP) is 2.54.